The zero-order chi connectivity index (χ0) is 45.5. The lowest BCUT2D eigenvalue weighted by molar-refractivity contribution is 0.768. The molecular weight excluding hydrogens is 831 g/mol. The summed E-state index contributed by atoms with van der Waals surface area (Å²) >= 11 is 0. The molecule has 0 atom stereocenters. The van der Waals surface area contributed by atoms with Crippen molar-refractivity contribution in [3.8, 4) is 55.6 Å². The molecule has 11 aromatic rings. The first kappa shape index (κ1) is 39.4. The van der Waals surface area contributed by atoms with E-state index in [1.54, 1.807) is 0 Å². The van der Waals surface area contributed by atoms with E-state index in [1.165, 1.54) is 94.6 Å². The summed E-state index contributed by atoms with van der Waals surface area (Å²) in [4.78, 5) is 2.55. The van der Waals surface area contributed by atoms with Crippen molar-refractivity contribution >= 4 is 17.1 Å². The molecule has 0 bridgehead atoms. The lowest BCUT2D eigenvalue weighted by Gasteiger charge is -2.35. The first-order valence-electron chi connectivity index (χ1n) is 24.1. The molecule has 69 heavy (non-hydrogen) atoms. The Labute approximate surface area is 403 Å². The SMILES string of the molecule is c1ccc(-c2ccc(-c3cccc(N(c4ccc5c(c4)C4(c6ccccc6-c6ccccc64)c4ccccc4-5)c4cccc5c4-c4ccccc4C5(c4ccccc4)c4ccccc4)c3)cc2)cc1. The lowest BCUT2D eigenvalue weighted by atomic mass is 9.68. The molecular formula is C68H45N. The van der Waals surface area contributed by atoms with E-state index in [0.717, 1.165) is 22.6 Å². The topological polar surface area (TPSA) is 3.24 Å². The van der Waals surface area contributed by atoms with Crippen molar-refractivity contribution in [3.05, 3.63) is 317 Å². The van der Waals surface area contributed by atoms with Crippen LogP contribution in [0.3, 0.4) is 0 Å². The van der Waals surface area contributed by atoms with Crippen LogP contribution in [0.4, 0.5) is 17.1 Å². The van der Waals surface area contributed by atoms with Crippen LogP contribution in [0.1, 0.15) is 44.5 Å². The van der Waals surface area contributed by atoms with Gasteiger partial charge in [-0.15, -0.1) is 0 Å². The highest BCUT2D eigenvalue weighted by Crippen LogP contribution is 2.64. The number of rotatable bonds is 7. The fourth-order valence-corrected chi connectivity index (χ4v) is 12.6. The number of hydrogen-bond acceptors (Lipinski definition) is 1. The first-order valence-corrected chi connectivity index (χ1v) is 24.1. The average molecular weight is 876 g/mol. The van der Waals surface area contributed by atoms with E-state index in [4.69, 9.17) is 0 Å². The van der Waals surface area contributed by atoms with E-state index in [1.807, 2.05) is 0 Å². The highest BCUT2D eigenvalue weighted by Gasteiger charge is 2.52. The van der Waals surface area contributed by atoms with E-state index >= 15 is 0 Å². The largest absolute Gasteiger partial charge is 0.310 e. The molecule has 0 N–H and O–H groups in total. The first-order chi connectivity index (χ1) is 34.2. The molecule has 322 valence electrons. The summed E-state index contributed by atoms with van der Waals surface area (Å²) in [6.07, 6.45) is 0. The quantitative estimate of drug-likeness (QED) is 0.154. The fraction of sp³-hybridized carbons (Fsp3) is 0.0294. The third-order valence-corrected chi connectivity index (χ3v) is 15.4. The molecule has 11 aromatic carbocycles. The molecule has 0 unspecified atom stereocenters. The van der Waals surface area contributed by atoms with Crippen LogP contribution in [-0.4, -0.2) is 0 Å². The van der Waals surface area contributed by atoms with Crippen molar-refractivity contribution in [2.24, 2.45) is 0 Å². The third-order valence-electron chi connectivity index (χ3n) is 15.4. The van der Waals surface area contributed by atoms with Crippen LogP contribution in [0.2, 0.25) is 0 Å². The zero-order valence-corrected chi connectivity index (χ0v) is 37.9. The van der Waals surface area contributed by atoms with Gasteiger partial charge in [0.1, 0.15) is 0 Å². The van der Waals surface area contributed by atoms with Crippen LogP contribution in [-0.2, 0) is 10.8 Å². The minimum atomic E-state index is -0.542. The van der Waals surface area contributed by atoms with Gasteiger partial charge in [0.15, 0.2) is 0 Å². The molecule has 0 aliphatic heterocycles. The highest BCUT2D eigenvalue weighted by molar-refractivity contribution is 6.00. The van der Waals surface area contributed by atoms with Crippen LogP contribution >= 0.6 is 0 Å². The Hall–Kier alpha value is -8.78. The Kier molecular flexibility index (Phi) is 8.78. The summed E-state index contributed by atoms with van der Waals surface area (Å²) in [5, 5.41) is 0. The normalized spacial score (nSPS) is 13.7. The van der Waals surface area contributed by atoms with Gasteiger partial charge < -0.3 is 4.90 Å². The number of fused-ring (bicyclic) bond motifs is 13. The minimum Gasteiger partial charge on any atom is -0.310 e. The third kappa shape index (κ3) is 5.59. The Morgan fingerprint density at radius 3 is 1.22 bits per heavy atom. The van der Waals surface area contributed by atoms with Crippen LogP contribution in [0.25, 0.3) is 55.6 Å². The summed E-state index contributed by atoms with van der Waals surface area (Å²) in [5.41, 5.74) is 25.2. The Balaban J connectivity index is 1.04. The van der Waals surface area contributed by atoms with Crippen molar-refractivity contribution in [1.82, 2.24) is 0 Å². The van der Waals surface area contributed by atoms with Crippen LogP contribution in [0.5, 0.6) is 0 Å². The number of nitrogens with zero attached hydrogens (tertiary/aromatic N) is 1. The Morgan fingerprint density at radius 1 is 0.232 bits per heavy atom. The van der Waals surface area contributed by atoms with Crippen molar-refractivity contribution < 1.29 is 0 Å². The van der Waals surface area contributed by atoms with Gasteiger partial charge >= 0.3 is 0 Å². The molecule has 0 amide bonds. The predicted molar refractivity (Wildman–Crippen MR) is 286 cm³/mol. The van der Waals surface area contributed by atoms with Crippen molar-refractivity contribution in [3.63, 3.8) is 0 Å². The predicted octanol–water partition coefficient (Wildman–Crippen LogP) is 17.2. The van der Waals surface area contributed by atoms with E-state index < -0.39 is 10.8 Å². The van der Waals surface area contributed by atoms with Crippen LogP contribution in [0, 0.1) is 0 Å². The number of anilines is 3. The van der Waals surface area contributed by atoms with Gasteiger partial charge in [-0.1, -0.05) is 243 Å². The summed E-state index contributed by atoms with van der Waals surface area (Å²) in [6, 6.07) is 102. The minimum absolute atomic E-state index is 0.482. The molecule has 0 saturated heterocycles. The lowest BCUT2D eigenvalue weighted by Crippen LogP contribution is -2.28. The maximum Gasteiger partial charge on any atom is 0.0726 e. The van der Waals surface area contributed by atoms with E-state index in [2.05, 4.69) is 278 Å². The molecule has 1 nitrogen and oxygen atoms in total. The van der Waals surface area contributed by atoms with Gasteiger partial charge in [0, 0.05) is 16.9 Å². The average Bonchev–Trinajstić information content (AvgIpc) is 4.02. The Bertz CT molecular complexity index is 3670. The molecule has 0 heterocycles. The summed E-state index contributed by atoms with van der Waals surface area (Å²) in [6.45, 7) is 0. The highest BCUT2D eigenvalue weighted by atomic mass is 15.1. The second-order valence-corrected chi connectivity index (χ2v) is 18.7. The van der Waals surface area contributed by atoms with Gasteiger partial charge in [-0.3, -0.25) is 0 Å². The molecule has 1 spiro atoms. The summed E-state index contributed by atoms with van der Waals surface area (Å²) in [5.74, 6) is 0. The zero-order valence-electron chi connectivity index (χ0n) is 37.9. The van der Waals surface area contributed by atoms with Gasteiger partial charge in [0.2, 0.25) is 0 Å². The van der Waals surface area contributed by atoms with Crippen molar-refractivity contribution in [2.45, 2.75) is 10.8 Å². The molecule has 3 aliphatic rings. The van der Waals surface area contributed by atoms with E-state index in [9.17, 15) is 0 Å². The molecule has 14 rings (SSSR count). The maximum atomic E-state index is 2.55. The summed E-state index contributed by atoms with van der Waals surface area (Å²) < 4.78 is 0. The van der Waals surface area contributed by atoms with Crippen molar-refractivity contribution in [1.29, 1.82) is 0 Å². The molecule has 3 aliphatic carbocycles. The van der Waals surface area contributed by atoms with Gasteiger partial charge in [-0.25, -0.2) is 0 Å². The van der Waals surface area contributed by atoms with Gasteiger partial charge in [0.05, 0.1) is 16.5 Å². The van der Waals surface area contributed by atoms with Gasteiger partial charge in [0.25, 0.3) is 0 Å². The monoisotopic (exact) mass is 875 g/mol. The standard InChI is InChI=1S/C68H45N/c1-4-20-46(21-5-1)47-38-40-48(41-39-47)49-22-18-27-52(44-49)69(65-37-19-36-63-66(65)58-31-13-17-35-62(58)67(63,50-23-6-2-7-24-50)51-25-8-3-9-26-51)53-42-43-57-56-30-12-16-34-61(56)68(64(57)45-53)59-32-14-10-28-54(59)55-29-11-15-33-60(55)68/h1-45H. The maximum absolute atomic E-state index is 2.55. The smallest absolute Gasteiger partial charge is 0.0726 e. The van der Waals surface area contributed by atoms with Crippen molar-refractivity contribution in [2.75, 3.05) is 4.90 Å². The van der Waals surface area contributed by atoms with Crippen LogP contribution < -0.4 is 4.90 Å². The van der Waals surface area contributed by atoms with Gasteiger partial charge in [-0.05, 0) is 125 Å². The second-order valence-electron chi connectivity index (χ2n) is 18.7. The number of hydrogen-bond donors (Lipinski definition) is 0. The van der Waals surface area contributed by atoms with Gasteiger partial charge in [-0.2, -0.15) is 0 Å². The summed E-state index contributed by atoms with van der Waals surface area (Å²) in [7, 11) is 0. The molecule has 1 heteroatoms. The molecule has 0 saturated carbocycles. The second kappa shape index (κ2) is 15.4. The fourth-order valence-electron chi connectivity index (χ4n) is 12.6. The van der Waals surface area contributed by atoms with Crippen LogP contribution in [0.15, 0.2) is 273 Å². The van der Waals surface area contributed by atoms with E-state index in [0.29, 0.717) is 0 Å². The number of benzene rings is 11. The van der Waals surface area contributed by atoms with E-state index in [-0.39, 0.29) is 0 Å². The molecule has 0 aromatic heterocycles. The molecule has 0 radical (unpaired) electrons. The Morgan fingerprint density at radius 2 is 0.638 bits per heavy atom. The molecule has 0 fully saturated rings.